The second-order valence-electron chi connectivity index (χ2n) is 4.19. The molecule has 0 saturated carbocycles. The first-order chi connectivity index (χ1) is 8.18. The Kier molecular flexibility index (Phi) is 3.66. The topological polar surface area (TPSA) is 53.7 Å². The van der Waals surface area contributed by atoms with Crippen molar-refractivity contribution >= 4 is 0 Å². The van der Waals surface area contributed by atoms with Gasteiger partial charge in [-0.3, -0.25) is 0 Å². The Bertz CT molecular complexity index is 365. The van der Waals surface area contributed by atoms with Crippen molar-refractivity contribution in [2.45, 2.75) is 25.7 Å². The Labute approximate surface area is 102 Å². The average Bonchev–Trinajstić information content (AvgIpc) is 2.74. The molecular weight excluding hydrogens is 218 g/mol. The highest BCUT2D eigenvalue weighted by Gasteiger charge is 2.38. The lowest BCUT2D eigenvalue weighted by Gasteiger charge is -2.23. The molecule has 0 aliphatic carbocycles. The van der Waals surface area contributed by atoms with Crippen molar-refractivity contribution in [3.63, 3.8) is 0 Å². The highest BCUT2D eigenvalue weighted by Crippen LogP contribution is 2.34. The SMILES string of the molecule is CCOc1ccc(C2(C)OCC(CN)O2)cc1. The van der Waals surface area contributed by atoms with Gasteiger partial charge in [0.1, 0.15) is 5.75 Å². The third kappa shape index (κ3) is 2.60. The maximum atomic E-state index is 5.80. The van der Waals surface area contributed by atoms with E-state index in [1.54, 1.807) is 0 Å². The van der Waals surface area contributed by atoms with Gasteiger partial charge in [0.15, 0.2) is 5.79 Å². The molecule has 1 fully saturated rings. The maximum absolute atomic E-state index is 5.80. The number of hydrogen-bond acceptors (Lipinski definition) is 4. The summed E-state index contributed by atoms with van der Waals surface area (Å²) in [5.41, 5.74) is 6.55. The predicted molar refractivity (Wildman–Crippen MR) is 64.8 cm³/mol. The van der Waals surface area contributed by atoms with Gasteiger partial charge in [0.05, 0.1) is 19.3 Å². The summed E-state index contributed by atoms with van der Waals surface area (Å²) in [6.07, 6.45) is -0.0217. The molecule has 0 radical (unpaired) electrons. The summed E-state index contributed by atoms with van der Waals surface area (Å²) >= 11 is 0. The quantitative estimate of drug-likeness (QED) is 0.864. The van der Waals surface area contributed by atoms with Crippen LogP contribution >= 0.6 is 0 Å². The van der Waals surface area contributed by atoms with Crippen molar-refractivity contribution in [1.82, 2.24) is 0 Å². The largest absolute Gasteiger partial charge is 0.494 e. The molecule has 4 heteroatoms. The Morgan fingerprint density at radius 3 is 2.65 bits per heavy atom. The van der Waals surface area contributed by atoms with Crippen molar-refractivity contribution in [2.24, 2.45) is 5.73 Å². The molecular formula is C13H19NO3. The normalized spacial score (nSPS) is 28.3. The molecule has 2 atom stereocenters. The average molecular weight is 237 g/mol. The van der Waals surface area contributed by atoms with Crippen molar-refractivity contribution in [3.8, 4) is 5.75 Å². The molecule has 17 heavy (non-hydrogen) atoms. The summed E-state index contributed by atoms with van der Waals surface area (Å²) in [6.45, 7) is 5.56. The van der Waals surface area contributed by atoms with E-state index < -0.39 is 5.79 Å². The van der Waals surface area contributed by atoms with E-state index in [9.17, 15) is 0 Å². The molecule has 0 amide bonds. The molecule has 4 nitrogen and oxygen atoms in total. The predicted octanol–water partition coefficient (Wildman–Crippen LogP) is 1.63. The standard InChI is InChI=1S/C13H19NO3/c1-3-15-11-6-4-10(5-7-11)13(2)16-9-12(8-14)17-13/h4-7,12H,3,8-9,14H2,1-2H3. The Balaban J connectivity index is 2.11. The van der Waals surface area contributed by atoms with Gasteiger partial charge in [-0.1, -0.05) is 0 Å². The van der Waals surface area contributed by atoms with E-state index >= 15 is 0 Å². The zero-order valence-corrected chi connectivity index (χ0v) is 10.3. The summed E-state index contributed by atoms with van der Waals surface area (Å²) in [6, 6.07) is 7.77. The lowest BCUT2D eigenvalue weighted by Crippen LogP contribution is -2.27. The van der Waals surface area contributed by atoms with Crippen LogP contribution in [-0.4, -0.2) is 25.9 Å². The summed E-state index contributed by atoms with van der Waals surface area (Å²) in [7, 11) is 0. The van der Waals surface area contributed by atoms with E-state index in [0.29, 0.717) is 19.8 Å². The van der Waals surface area contributed by atoms with Crippen LogP contribution in [0.4, 0.5) is 0 Å². The van der Waals surface area contributed by atoms with Gasteiger partial charge in [-0.25, -0.2) is 0 Å². The lowest BCUT2D eigenvalue weighted by molar-refractivity contribution is -0.160. The fourth-order valence-corrected chi connectivity index (χ4v) is 1.93. The molecule has 1 aromatic rings. The molecule has 1 aromatic carbocycles. The third-order valence-electron chi connectivity index (χ3n) is 2.89. The Hall–Kier alpha value is -1.10. The Morgan fingerprint density at radius 1 is 1.41 bits per heavy atom. The first-order valence-corrected chi connectivity index (χ1v) is 5.93. The molecule has 1 saturated heterocycles. The smallest absolute Gasteiger partial charge is 0.192 e. The van der Waals surface area contributed by atoms with Crippen molar-refractivity contribution in [2.75, 3.05) is 19.8 Å². The number of ether oxygens (including phenoxy) is 3. The van der Waals surface area contributed by atoms with Crippen LogP contribution in [0.15, 0.2) is 24.3 Å². The van der Waals surface area contributed by atoms with Gasteiger partial charge in [0.25, 0.3) is 0 Å². The second kappa shape index (κ2) is 5.04. The van der Waals surface area contributed by atoms with Crippen LogP contribution in [0, 0.1) is 0 Å². The number of benzene rings is 1. The highest BCUT2D eigenvalue weighted by atomic mass is 16.7. The maximum Gasteiger partial charge on any atom is 0.192 e. The van der Waals surface area contributed by atoms with E-state index in [4.69, 9.17) is 19.9 Å². The van der Waals surface area contributed by atoms with E-state index in [-0.39, 0.29) is 6.10 Å². The molecule has 0 bridgehead atoms. The third-order valence-corrected chi connectivity index (χ3v) is 2.89. The summed E-state index contributed by atoms with van der Waals surface area (Å²) in [5.74, 6) is 0.169. The van der Waals surface area contributed by atoms with E-state index in [1.165, 1.54) is 0 Å². The number of hydrogen-bond donors (Lipinski definition) is 1. The van der Waals surface area contributed by atoms with Gasteiger partial charge in [-0.05, 0) is 38.1 Å². The first-order valence-electron chi connectivity index (χ1n) is 5.93. The minimum Gasteiger partial charge on any atom is -0.494 e. The van der Waals surface area contributed by atoms with Crippen LogP contribution in [0.5, 0.6) is 5.75 Å². The lowest BCUT2D eigenvalue weighted by atomic mass is 10.1. The van der Waals surface area contributed by atoms with Gasteiger partial charge >= 0.3 is 0 Å². The molecule has 2 rings (SSSR count). The van der Waals surface area contributed by atoms with Crippen LogP contribution in [0.3, 0.4) is 0 Å². The van der Waals surface area contributed by atoms with Crippen LogP contribution < -0.4 is 10.5 Å². The monoisotopic (exact) mass is 237 g/mol. The van der Waals surface area contributed by atoms with Crippen molar-refractivity contribution < 1.29 is 14.2 Å². The summed E-state index contributed by atoms with van der Waals surface area (Å²) < 4.78 is 16.9. The molecule has 94 valence electrons. The zero-order valence-electron chi connectivity index (χ0n) is 10.3. The molecule has 0 spiro atoms. The van der Waals surface area contributed by atoms with Gasteiger partial charge < -0.3 is 19.9 Å². The molecule has 1 heterocycles. The van der Waals surface area contributed by atoms with Crippen LogP contribution in [-0.2, 0) is 15.3 Å². The van der Waals surface area contributed by atoms with Crippen molar-refractivity contribution in [3.05, 3.63) is 29.8 Å². The number of rotatable bonds is 4. The van der Waals surface area contributed by atoms with Crippen LogP contribution in [0.25, 0.3) is 0 Å². The van der Waals surface area contributed by atoms with Crippen LogP contribution in [0.1, 0.15) is 19.4 Å². The van der Waals surface area contributed by atoms with E-state index in [1.807, 2.05) is 38.1 Å². The Morgan fingerprint density at radius 2 is 2.12 bits per heavy atom. The fourth-order valence-electron chi connectivity index (χ4n) is 1.93. The second-order valence-corrected chi connectivity index (χ2v) is 4.19. The van der Waals surface area contributed by atoms with Crippen LogP contribution in [0.2, 0.25) is 0 Å². The summed E-state index contributed by atoms with van der Waals surface area (Å²) in [5, 5.41) is 0. The minimum atomic E-state index is -0.686. The minimum absolute atomic E-state index is 0.0217. The highest BCUT2D eigenvalue weighted by molar-refractivity contribution is 5.30. The molecule has 1 aliphatic heterocycles. The van der Waals surface area contributed by atoms with Gasteiger partial charge in [-0.2, -0.15) is 0 Å². The van der Waals surface area contributed by atoms with Gasteiger partial charge in [-0.15, -0.1) is 0 Å². The number of nitrogens with two attached hydrogens (primary N) is 1. The summed E-state index contributed by atoms with van der Waals surface area (Å²) in [4.78, 5) is 0. The molecule has 0 aromatic heterocycles. The van der Waals surface area contributed by atoms with Gasteiger partial charge in [0, 0.05) is 12.1 Å². The molecule has 1 aliphatic rings. The fraction of sp³-hybridized carbons (Fsp3) is 0.538. The van der Waals surface area contributed by atoms with E-state index in [2.05, 4.69) is 0 Å². The zero-order chi connectivity index (χ0) is 12.3. The molecule has 2 N–H and O–H groups in total. The molecule has 2 unspecified atom stereocenters. The first kappa shape index (κ1) is 12.4. The van der Waals surface area contributed by atoms with E-state index in [0.717, 1.165) is 11.3 Å². The van der Waals surface area contributed by atoms with Crippen molar-refractivity contribution in [1.29, 1.82) is 0 Å². The van der Waals surface area contributed by atoms with Gasteiger partial charge in [0.2, 0.25) is 0 Å².